The van der Waals surface area contributed by atoms with Crippen LogP contribution in [0.15, 0.2) is 36.8 Å². The number of amides is 1. The molecular formula is C18H19N5O3. The highest BCUT2D eigenvalue weighted by Crippen LogP contribution is 2.37. The summed E-state index contributed by atoms with van der Waals surface area (Å²) in [7, 11) is 3.10. The molecule has 1 saturated heterocycles. The Hall–Kier alpha value is -3.16. The maximum Gasteiger partial charge on any atom is 0.261 e. The molecule has 134 valence electrons. The van der Waals surface area contributed by atoms with Crippen LogP contribution in [-0.4, -0.2) is 51.2 Å². The van der Waals surface area contributed by atoms with Crippen molar-refractivity contribution < 1.29 is 14.3 Å². The number of hydrogen-bond donors (Lipinski definition) is 0. The van der Waals surface area contributed by atoms with Crippen molar-refractivity contribution >= 4 is 11.7 Å². The third-order valence-electron chi connectivity index (χ3n) is 4.71. The highest BCUT2D eigenvalue weighted by Gasteiger charge is 2.35. The van der Waals surface area contributed by atoms with Crippen LogP contribution in [-0.2, 0) is 0 Å². The van der Waals surface area contributed by atoms with Gasteiger partial charge in [-0.1, -0.05) is 6.07 Å². The van der Waals surface area contributed by atoms with Gasteiger partial charge in [-0.05, 0) is 31.0 Å². The van der Waals surface area contributed by atoms with Gasteiger partial charge in [0.25, 0.3) is 11.7 Å². The number of carbonyl (C=O) groups excluding carboxylic acids is 1. The third kappa shape index (κ3) is 2.54. The first-order valence-electron chi connectivity index (χ1n) is 8.41. The van der Waals surface area contributed by atoms with Gasteiger partial charge < -0.3 is 14.4 Å². The molecule has 8 heteroatoms. The van der Waals surface area contributed by atoms with Crippen LogP contribution >= 0.6 is 0 Å². The van der Waals surface area contributed by atoms with Crippen molar-refractivity contribution in [3.63, 3.8) is 0 Å². The summed E-state index contributed by atoms with van der Waals surface area (Å²) in [5.41, 5.74) is 1.33. The van der Waals surface area contributed by atoms with Crippen molar-refractivity contribution in [3.05, 3.63) is 48.0 Å². The van der Waals surface area contributed by atoms with Crippen LogP contribution in [0.1, 0.15) is 34.9 Å². The summed E-state index contributed by atoms with van der Waals surface area (Å²) in [5, 5.41) is 4.25. The number of fused-ring (bicyclic) bond motifs is 1. The smallest absolute Gasteiger partial charge is 0.261 e. The average molecular weight is 353 g/mol. The molecule has 0 bridgehead atoms. The van der Waals surface area contributed by atoms with E-state index in [2.05, 4.69) is 15.1 Å². The number of aromatic nitrogens is 4. The highest BCUT2D eigenvalue weighted by atomic mass is 16.5. The van der Waals surface area contributed by atoms with Gasteiger partial charge in [-0.15, -0.1) is 0 Å². The van der Waals surface area contributed by atoms with Crippen molar-refractivity contribution in [3.8, 4) is 11.5 Å². The van der Waals surface area contributed by atoms with Crippen LogP contribution in [0.4, 0.5) is 0 Å². The predicted octanol–water partition coefficient (Wildman–Crippen LogP) is 2.12. The Bertz CT molecular complexity index is 933. The molecule has 0 N–H and O–H groups in total. The summed E-state index contributed by atoms with van der Waals surface area (Å²) < 4.78 is 12.5. The molecule has 1 atom stereocenters. The minimum atomic E-state index is -0.119. The maximum absolute atomic E-state index is 13.4. The van der Waals surface area contributed by atoms with E-state index >= 15 is 0 Å². The molecule has 1 aliphatic rings. The zero-order valence-corrected chi connectivity index (χ0v) is 14.6. The molecule has 1 fully saturated rings. The van der Waals surface area contributed by atoms with Crippen LogP contribution < -0.4 is 9.47 Å². The molecule has 1 unspecified atom stereocenters. The van der Waals surface area contributed by atoms with Gasteiger partial charge in [-0.25, -0.2) is 4.98 Å². The van der Waals surface area contributed by atoms with Crippen LogP contribution in [0.25, 0.3) is 5.78 Å². The topological polar surface area (TPSA) is 81.9 Å². The van der Waals surface area contributed by atoms with Crippen molar-refractivity contribution in [1.82, 2.24) is 24.5 Å². The Morgan fingerprint density at radius 1 is 1.15 bits per heavy atom. The monoisotopic (exact) mass is 353 g/mol. The summed E-state index contributed by atoms with van der Waals surface area (Å²) in [4.78, 5) is 23.5. The van der Waals surface area contributed by atoms with E-state index in [1.165, 1.54) is 6.33 Å². The molecule has 0 spiro atoms. The Labute approximate surface area is 150 Å². The molecule has 0 radical (unpaired) electrons. The molecule has 4 rings (SSSR count). The summed E-state index contributed by atoms with van der Waals surface area (Å²) in [6, 6.07) is 7.12. The number of nitrogens with zero attached hydrogens (tertiary/aromatic N) is 5. The van der Waals surface area contributed by atoms with E-state index in [0.29, 0.717) is 29.4 Å². The van der Waals surface area contributed by atoms with Crippen LogP contribution in [0.3, 0.4) is 0 Å². The van der Waals surface area contributed by atoms with Crippen molar-refractivity contribution in [2.45, 2.75) is 18.9 Å². The second-order valence-corrected chi connectivity index (χ2v) is 6.04. The van der Waals surface area contributed by atoms with Gasteiger partial charge in [0.15, 0.2) is 0 Å². The van der Waals surface area contributed by atoms with E-state index in [1.54, 1.807) is 43.1 Å². The standard InChI is InChI=1S/C18H19N5O3/c1-25-14-6-3-7-15(26-2)16(14)17(24)22-10-4-5-12(22)13-8-9-19-18-20-11-21-23(13)18/h3,6-9,11-12H,4-5,10H2,1-2H3. The molecule has 8 nitrogen and oxygen atoms in total. The van der Waals surface area contributed by atoms with Gasteiger partial charge >= 0.3 is 0 Å². The molecule has 1 amide bonds. The second kappa shape index (κ2) is 6.62. The van der Waals surface area contributed by atoms with E-state index in [9.17, 15) is 4.79 Å². The summed E-state index contributed by atoms with van der Waals surface area (Å²) in [6.07, 6.45) is 4.93. The van der Waals surface area contributed by atoms with Gasteiger partial charge in [0, 0.05) is 12.7 Å². The Kier molecular flexibility index (Phi) is 4.16. The lowest BCUT2D eigenvalue weighted by Crippen LogP contribution is -2.32. The fourth-order valence-electron chi connectivity index (χ4n) is 3.53. The normalized spacial score (nSPS) is 16.8. The van der Waals surface area contributed by atoms with Gasteiger partial charge in [0.2, 0.25) is 0 Å². The Morgan fingerprint density at radius 2 is 1.92 bits per heavy atom. The third-order valence-corrected chi connectivity index (χ3v) is 4.71. The lowest BCUT2D eigenvalue weighted by molar-refractivity contribution is 0.0724. The molecule has 2 aromatic heterocycles. The predicted molar refractivity (Wildman–Crippen MR) is 93.3 cm³/mol. The number of hydrogen-bond acceptors (Lipinski definition) is 6. The summed E-state index contributed by atoms with van der Waals surface area (Å²) >= 11 is 0. The number of methoxy groups -OCH3 is 2. The van der Waals surface area contributed by atoms with Crippen LogP contribution in [0.2, 0.25) is 0 Å². The van der Waals surface area contributed by atoms with Crippen LogP contribution in [0, 0.1) is 0 Å². The fraction of sp³-hybridized carbons (Fsp3) is 0.333. The average Bonchev–Trinajstić information content (AvgIpc) is 3.35. The lowest BCUT2D eigenvalue weighted by Gasteiger charge is -2.26. The molecule has 3 aromatic rings. The molecule has 1 aliphatic heterocycles. The van der Waals surface area contributed by atoms with E-state index in [1.807, 2.05) is 11.0 Å². The first-order valence-corrected chi connectivity index (χ1v) is 8.41. The number of likely N-dealkylation sites (tertiary alicyclic amines) is 1. The first-order chi connectivity index (χ1) is 12.7. The van der Waals surface area contributed by atoms with Crippen molar-refractivity contribution in [1.29, 1.82) is 0 Å². The van der Waals surface area contributed by atoms with E-state index in [0.717, 1.165) is 18.5 Å². The highest BCUT2D eigenvalue weighted by molar-refractivity contribution is 6.00. The van der Waals surface area contributed by atoms with Crippen LogP contribution in [0.5, 0.6) is 11.5 Å². The van der Waals surface area contributed by atoms with Gasteiger partial charge in [-0.3, -0.25) is 4.79 Å². The number of rotatable bonds is 4. The summed E-state index contributed by atoms with van der Waals surface area (Å²) in [5.74, 6) is 1.41. The molecule has 1 aromatic carbocycles. The number of ether oxygens (including phenoxy) is 2. The largest absolute Gasteiger partial charge is 0.496 e. The Balaban J connectivity index is 1.76. The van der Waals surface area contributed by atoms with Gasteiger partial charge in [0.05, 0.1) is 26.0 Å². The number of carbonyl (C=O) groups is 1. The van der Waals surface area contributed by atoms with E-state index in [4.69, 9.17) is 9.47 Å². The number of benzene rings is 1. The molecule has 0 saturated carbocycles. The molecule has 26 heavy (non-hydrogen) atoms. The van der Waals surface area contributed by atoms with Crippen molar-refractivity contribution in [2.75, 3.05) is 20.8 Å². The SMILES string of the molecule is COc1cccc(OC)c1C(=O)N1CCCC1c1ccnc2ncnn12. The minimum absolute atomic E-state index is 0.107. The molecule has 3 heterocycles. The fourth-order valence-corrected chi connectivity index (χ4v) is 3.53. The Morgan fingerprint density at radius 3 is 2.65 bits per heavy atom. The van der Waals surface area contributed by atoms with Crippen molar-refractivity contribution in [2.24, 2.45) is 0 Å². The van der Waals surface area contributed by atoms with Gasteiger partial charge in [0.1, 0.15) is 23.4 Å². The second-order valence-electron chi connectivity index (χ2n) is 6.04. The first kappa shape index (κ1) is 16.3. The lowest BCUT2D eigenvalue weighted by atomic mass is 10.1. The van der Waals surface area contributed by atoms with E-state index < -0.39 is 0 Å². The quantitative estimate of drug-likeness (QED) is 0.715. The van der Waals surface area contributed by atoms with E-state index in [-0.39, 0.29) is 11.9 Å². The molecule has 0 aliphatic carbocycles. The molecular weight excluding hydrogens is 334 g/mol. The zero-order valence-electron chi connectivity index (χ0n) is 14.6. The summed E-state index contributed by atoms with van der Waals surface area (Å²) in [6.45, 7) is 0.656. The minimum Gasteiger partial charge on any atom is -0.496 e. The maximum atomic E-state index is 13.4. The van der Waals surface area contributed by atoms with Gasteiger partial charge in [-0.2, -0.15) is 14.6 Å². The zero-order chi connectivity index (χ0) is 18.1.